The van der Waals surface area contributed by atoms with E-state index in [9.17, 15) is 0 Å². The zero-order valence-electron chi connectivity index (χ0n) is 13.5. The van der Waals surface area contributed by atoms with Crippen molar-refractivity contribution in [2.24, 2.45) is 0 Å². The lowest BCUT2D eigenvalue weighted by atomic mass is 9.65. The number of nitrogens with zero attached hydrogens (tertiary/aromatic N) is 1. The van der Waals surface area contributed by atoms with Crippen LogP contribution < -0.4 is 4.74 Å². The largest absolute Gasteiger partial charge is 0.497 e. The van der Waals surface area contributed by atoms with Gasteiger partial charge < -0.3 is 9.64 Å². The van der Waals surface area contributed by atoms with Crippen molar-refractivity contribution in [2.75, 3.05) is 27.7 Å². The van der Waals surface area contributed by atoms with Gasteiger partial charge in [-0.15, -0.1) is 0 Å². The first-order valence-electron chi connectivity index (χ1n) is 7.93. The van der Waals surface area contributed by atoms with E-state index in [1.54, 1.807) is 18.2 Å². The summed E-state index contributed by atoms with van der Waals surface area (Å²) in [5, 5.41) is 0. The average molecular weight is 275 g/mol. The fraction of sp³-hybridized carbons (Fsp3) is 0.667. The molecule has 0 bridgehead atoms. The summed E-state index contributed by atoms with van der Waals surface area (Å²) in [4.78, 5) is 2.31. The minimum Gasteiger partial charge on any atom is -0.497 e. The molecule has 0 saturated carbocycles. The Balaban J connectivity index is 2.37. The molecular weight excluding hydrogens is 246 g/mol. The molecule has 1 aromatic carbocycles. The number of hydrogen-bond acceptors (Lipinski definition) is 2. The second-order valence-electron chi connectivity index (χ2n) is 6.46. The summed E-state index contributed by atoms with van der Waals surface area (Å²) in [6.07, 6.45) is 7.69. The number of ether oxygens (including phenoxy) is 1. The first-order valence-corrected chi connectivity index (χ1v) is 7.93. The Morgan fingerprint density at radius 1 is 1.25 bits per heavy atom. The summed E-state index contributed by atoms with van der Waals surface area (Å²) < 4.78 is 5.47. The number of hydrogen-bond donors (Lipinski definition) is 0. The van der Waals surface area contributed by atoms with Crippen LogP contribution in [0.25, 0.3) is 0 Å². The molecule has 0 N–H and O–H groups in total. The fourth-order valence-electron chi connectivity index (χ4n) is 3.71. The van der Waals surface area contributed by atoms with Crippen molar-refractivity contribution in [1.29, 1.82) is 0 Å². The number of aryl methyl sites for hydroxylation is 1. The Kier molecular flexibility index (Phi) is 5.09. The molecule has 0 unspecified atom stereocenters. The Morgan fingerprint density at radius 3 is 2.70 bits per heavy atom. The van der Waals surface area contributed by atoms with Crippen LogP contribution in [0, 0.1) is 0 Å². The molecule has 2 rings (SSSR count). The van der Waals surface area contributed by atoms with Crippen molar-refractivity contribution < 1.29 is 4.74 Å². The molecule has 2 heteroatoms. The molecule has 2 nitrogen and oxygen atoms in total. The van der Waals surface area contributed by atoms with Crippen LogP contribution >= 0.6 is 0 Å². The molecule has 0 fully saturated rings. The van der Waals surface area contributed by atoms with Crippen molar-refractivity contribution >= 4 is 0 Å². The van der Waals surface area contributed by atoms with Gasteiger partial charge in [0.1, 0.15) is 5.75 Å². The predicted molar refractivity (Wildman–Crippen MR) is 85.7 cm³/mol. The molecular formula is C18H29NO. The highest BCUT2D eigenvalue weighted by Crippen LogP contribution is 2.44. The van der Waals surface area contributed by atoms with Crippen LogP contribution in [0.1, 0.15) is 50.2 Å². The monoisotopic (exact) mass is 275 g/mol. The summed E-state index contributed by atoms with van der Waals surface area (Å²) in [7, 11) is 6.12. The molecule has 0 aromatic heterocycles. The quantitative estimate of drug-likeness (QED) is 0.777. The van der Waals surface area contributed by atoms with Crippen molar-refractivity contribution in [2.45, 2.75) is 50.9 Å². The molecule has 1 atom stereocenters. The van der Waals surface area contributed by atoms with Crippen molar-refractivity contribution in [3.8, 4) is 5.75 Å². The Morgan fingerprint density at radius 2 is 2.05 bits per heavy atom. The van der Waals surface area contributed by atoms with Gasteiger partial charge in [0.05, 0.1) is 7.11 Å². The fourth-order valence-corrected chi connectivity index (χ4v) is 3.71. The van der Waals surface area contributed by atoms with Crippen molar-refractivity contribution in [3.05, 3.63) is 29.3 Å². The molecule has 0 radical (unpaired) electrons. The summed E-state index contributed by atoms with van der Waals surface area (Å²) >= 11 is 0. The van der Waals surface area contributed by atoms with Gasteiger partial charge in [-0.25, -0.2) is 0 Å². The topological polar surface area (TPSA) is 12.5 Å². The Bertz CT molecular complexity index is 441. The highest BCUT2D eigenvalue weighted by molar-refractivity contribution is 5.42. The van der Waals surface area contributed by atoms with Crippen LogP contribution in [0.5, 0.6) is 5.75 Å². The average Bonchev–Trinajstić information content (AvgIpc) is 2.45. The van der Waals surface area contributed by atoms with Crippen LogP contribution in [0.4, 0.5) is 0 Å². The highest BCUT2D eigenvalue weighted by Gasteiger charge is 2.35. The normalized spacial score (nSPS) is 21.9. The van der Waals surface area contributed by atoms with Gasteiger partial charge in [-0.1, -0.05) is 19.4 Å². The van der Waals surface area contributed by atoms with Gasteiger partial charge in [0.15, 0.2) is 0 Å². The van der Waals surface area contributed by atoms with E-state index in [4.69, 9.17) is 4.74 Å². The van der Waals surface area contributed by atoms with Gasteiger partial charge in [0, 0.05) is 0 Å². The second kappa shape index (κ2) is 6.62. The summed E-state index contributed by atoms with van der Waals surface area (Å²) in [6, 6.07) is 6.71. The SMILES string of the molecule is CCC[C@@]1(CCN(C)C)CCCc2ccc(OC)cc21. The van der Waals surface area contributed by atoms with Gasteiger partial charge in [-0.2, -0.15) is 0 Å². The van der Waals surface area contributed by atoms with E-state index in [1.807, 2.05) is 0 Å². The smallest absolute Gasteiger partial charge is 0.119 e. The van der Waals surface area contributed by atoms with E-state index in [0.717, 1.165) is 12.3 Å². The lowest BCUT2D eigenvalue weighted by molar-refractivity contribution is 0.263. The third-order valence-electron chi connectivity index (χ3n) is 4.76. The van der Waals surface area contributed by atoms with Crippen LogP contribution in [-0.2, 0) is 11.8 Å². The van der Waals surface area contributed by atoms with E-state index in [-0.39, 0.29) is 0 Å². The van der Waals surface area contributed by atoms with Gasteiger partial charge in [-0.3, -0.25) is 0 Å². The van der Waals surface area contributed by atoms with Crippen LogP contribution in [0.3, 0.4) is 0 Å². The summed E-state index contributed by atoms with van der Waals surface area (Å²) in [5.41, 5.74) is 3.47. The minimum atomic E-state index is 0.362. The van der Waals surface area contributed by atoms with Crippen molar-refractivity contribution in [1.82, 2.24) is 4.90 Å². The molecule has 0 saturated heterocycles. The first-order chi connectivity index (χ1) is 9.61. The number of benzene rings is 1. The molecule has 0 amide bonds. The predicted octanol–water partition coefficient (Wildman–Crippen LogP) is 4.02. The van der Waals surface area contributed by atoms with Crippen LogP contribution in [0.15, 0.2) is 18.2 Å². The van der Waals surface area contributed by atoms with Crippen molar-refractivity contribution in [3.63, 3.8) is 0 Å². The van der Waals surface area contributed by atoms with Crippen LogP contribution in [-0.4, -0.2) is 32.6 Å². The number of fused-ring (bicyclic) bond motifs is 1. The maximum Gasteiger partial charge on any atom is 0.119 e. The second-order valence-corrected chi connectivity index (χ2v) is 6.46. The van der Waals surface area contributed by atoms with Crippen LogP contribution in [0.2, 0.25) is 0 Å². The molecule has 0 heterocycles. The Hall–Kier alpha value is -1.02. The molecule has 0 spiro atoms. The van der Waals surface area contributed by atoms with E-state index in [1.165, 1.54) is 38.5 Å². The maximum atomic E-state index is 5.47. The van der Waals surface area contributed by atoms with Gasteiger partial charge in [0.2, 0.25) is 0 Å². The lowest BCUT2D eigenvalue weighted by Crippen LogP contribution is -2.34. The lowest BCUT2D eigenvalue weighted by Gasteiger charge is -2.40. The minimum absolute atomic E-state index is 0.362. The van der Waals surface area contributed by atoms with Gasteiger partial charge in [0.25, 0.3) is 0 Å². The van der Waals surface area contributed by atoms with E-state index in [2.05, 4.69) is 44.1 Å². The highest BCUT2D eigenvalue weighted by atomic mass is 16.5. The number of methoxy groups -OCH3 is 1. The summed E-state index contributed by atoms with van der Waals surface area (Å²) in [5.74, 6) is 1.01. The third kappa shape index (κ3) is 3.17. The standard InChI is InChI=1S/C18H29NO/c1-5-10-18(12-13-19(2)3)11-6-7-15-8-9-16(20-4)14-17(15)18/h8-9,14H,5-7,10-13H2,1-4H3/t18-/m0/s1. The molecule has 1 aromatic rings. The molecule has 1 aliphatic rings. The van der Waals surface area contributed by atoms with E-state index in [0.29, 0.717) is 5.41 Å². The van der Waals surface area contributed by atoms with Gasteiger partial charge in [-0.05, 0) is 81.4 Å². The number of rotatable bonds is 6. The van der Waals surface area contributed by atoms with E-state index >= 15 is 0 Å². The molecule has 112 valence electrons. The molecule has 1 aliphatic carbocycles. The van der Waals surface area contributed by atoms with Gasteiger partial charge >= 0.3 is 0 Å². The maximum absolute atomic E-state index is 5.47. The molecule has 0 aliphatic heterocycles. The zero-order chi connectivity index (χ0) is 14.6. The Labute approximate surface area is 124 Å². The van der Waals surface area contributed by atoms with E-state index < -0.39 is 0 Å². The third-order valence-corrected chi connectivity index (χ3v) is 4.76. The first kappa shape index (κ1) is 15.4. The zero-order valence-corrected chi connectivity index (χ0v) is 13.5. The summed E-state index contributed by atoms with van der Waals surface area (Å²) in [6.45, 7) is 3.47. The molecule has 20 heavy (non-hydrogen) atoms.